The second kappa shape index (κ2) is 6.81. The van der Waals surface area contributed by atoms with Gasteiger partial charge in [0.15, 0.2) is 0 Å². The first-order valence-electron chi connectivity index (χ1n) is 6.71. The third-order valence-electron chi connectivity index (χ3n) is 3.78. The number of hydrogen-bond donors (Lipinski definition) is 2. The van der Waals surface area contributed by atoms with Crippen molar-refractivity contribution >= 4 is 22.3 Å². The quantitative estimate of drug-likeness (QED) is 0.622. The fourth-order valence-corrected chi connectivity index (χ4v) is 3.31. The predicted molar refractivity (Wildman–Crippen MR) is 75.8 cm³/mol. The van der Waals surface area contributed by atoms with Crippen LogP contribution in [0.1, 0.15) is 31.2 Å². The average molecular weight is 298 g/mol. The van der Waals surface area contributed by atoms with E-state index in [1.54, 1.807) is 11.4 Å². The maximum Gasteiger partial charge on any atom is 0.324 e. The number of carbonyl (C=O) groups is 1. The smallest absolute Gasteiger partial charge is 0.324 e. The zero-order valence-electron chi connectivity index (χ0n) is 11.1. The Morgan fingerprint density at radius 1 is 1.45 bits per heavy atom. The van der Waals surface area contributed by atoms with Gasteiger partial charge in [0.1, 0.15) is 0 Å². The van der Waals surface area contributed by atoms with Gasteiger partial charge >= 0.3 is 11.0 Å². The molecule has 0 aliphatic heterocycles. The Bertz CT molecular complexity index is 480. The zero-order chi connectivity index (χ0) is 14.5. The Hall–Kier alpha value is -1.47. The van der Waals surface area contributed by atoms with Crippen molar-refractivity contribution in [2.75, 3.05) is 6.54 Å². The van der Waals surface area contributed by atoms with Crippen molar-refractivity contribution in [2.24, 2.45) is 11.8 Å². The van der Waals surface area contributed by atoms with Crippen LogP contribution >= 0.6 is 11.3 Å². The highest BCUT2D eigenvalue weighted by molar-refractivity contribution is 7.13. The maximum absolute atomic E-state index is 10.8. The lowest BCUT2D eigenvalue weighted by Crippen LogP contribution is -2.28. The second-order valence-electron chi connectivity index (χ2n) is 5.24. The Morgan fingerprint density at radius 3 is 2.70 bits per heavy atom. The summed E-state index contributed by atoms with van der Waals surface area (Å²) in [5.41, 5.74) is 0.931. The third-order valence-corrected chi connectivity index (χ3v) is 4.71. The minimum atomic E-state index is -0.679. The first-order chi connectivity index (χ1) is 9.56. The molecular weight excluding hydrogens is 280 g/mol. The normalized spacial score (nSPS) is 22.6. The maximum atomic E-state index is 10.8. The first kappa shape index (κ1) is 14.9. The number of nitrogens with one attached hydrogen (secondary N) is 1. The number of aliphatic carboxylic acids is 1. The summed E-state index contributed by atoms with van der Waals surface area (Å²) < 4.78 is 0. The molecule has 0 amide bonds. The summed E-state index contributed by atoms with van der Waals surface area (Å²) in [6, 6.07) is 1.60. The van der Waals surface area contributed by atoms with Crippen molar-refractivity contribution in [3.05, 3.63) is 27.1 Å². The molecule has 1 fully saturated rings. The molecular formula is C13H18N2O4S. The molecule has 1 aliphatic carbocycles. The van der Waals surface area contributed by atoms with Crippen LogP contribution in [0.4, 0.5) is 5.00 Å². The summed E-state index contributed by atoms with van der Waals surface area (Å²) in [4.78, 5) is 21.0. The van der Waals surface area contributed by atoms with Crippen molar-refractivity contribution in [1.29, 1.82) is 0 Å². The van der Waals surface area contributed by atoms with Crippen LogP contribution < -0.4 is 5.32 Å². The summed E-state index contributed by atoms with van der Waals surface area (Å²) in [7, 11) is 0. The van der Waals surface area contributed by atoms with Gasteiger partial charge in [-0.25, -0.2) is 0 Å². The monoisotopic (exact) mass is 298 g/mol. The molecule has 2 N–H and O–H groups in total. The lowest BCUT2D eigenvalue weighted by molar-refractivity contribution is -0.380. The molecule has 20 heavy (non-hydrogen) atoms. The highest BCUT2D eigenvalue weighted by Gasteiger charge is 2.25. The lowest BCUT2D eigenvalue weighted by Gasteiger charge is -2.26. The van der Waals surface area contributed by atoms with Crippen molar-refractivity contribution in [2.45, 2.75) is 32.2 Å². The molecule has 110 valence electrons. The molecule has 1 heterocycles. The fraction of sp³-hybridized carbons (Fsp3) is 0.615. The molecule has 2 rings (SSSR count). The van der Waals surface area contributed by atoms with Gasteiger partial charge in [0, 0.05) is 18.0 Å². The van der Waals surface area contributed by atoms with E-state index in [2.05, 4.69) is 5.32 Å². The van der Waals surface area contributed by atoms with E-state index in [1.165, 1.54) is 0 Å². The second-order valence-corrected chi connectivity index (χ2v) is 6.13. The lowest BCUT2D eigenvalue weighted by atomic mass is 9.82. The van der Waals surface area contributed by atoms with Crippen molar-refractivity contribution in [3.8, 4) is 0 Å². The molecule has 0 unspecified atom stereocenters. The van der Waals surface area contributed by atoms with E-state index in [9.17, 15) is 14.9 Å². The van der Waals surface area contributed by atoms with Crippen molar-refractivity contribution in [1.82, 2.24) is 5.32 Å². The van der Waals surface area contributed by atoms with E-state index in [1.807, 2.05) is 0 Å². The van der Waals surface area contributed by atoms with Crippen LogP contribution in [0.5, 0.6) is 0 Å². The van der Waals surface area contributed by atoms with Crippen LogP contribution in [0.3, 0.4) is 0 Å². The highest BCUT2D eigenvalue weighted by atomic mass is 32.1. The molecule has 7 heteroatoms. The summed E-state index contributed by atoms with van der Waals surface area (Å²) >= 11 is 1.14. The largest absolute Gasteiger partial charge is 0.481 e. The number of rotatable bonds is 6. The zero-order valence-corrected chi connectivity index (χ0v) is 11.9. The Labute approximate surface area is 121 Å². The van der Waals surface area contributed by atoms with E-state index < -0.39 is 5.97 Å². The van der Waals surface area contributed by atoms with Gasteiger partial charge in [-0.2, -0.15) is 0 Å². The Kier molecular flexibility index (Phi) is 5.08. The number of carboxylic acid groups (broad SMARTS) is 1. The molecule has 1 aromatic rings. The number of hydrogen-bond acceptors (Lipinski definition) is 5. The average Bonchev–Trinajstić information content (AvgIpc) is 2.88. The van der Waals surface area contributed by atoms with Crippen LogP contribution in [0.15, 0.2) is 11.4 Å². The molecule has 0 atom stereocenters. The first-order valence-corrected chi connectivity index (χ1v) is 7.59. The predicted octanol–water partition coefficient (Wildman–Crippen LogP) is 2.64. The van der Waals surface area contributed by atoms with E-state index in [0.717, 1.165) is 49.1 Å². The standard InChI is InChI=1S/C13H18N2O4S/c16-13(17)11-3-1-9(2-4-11)6-14-7-10-5-12(15(18)19)20-8-10/h5,8-9,11,14H,1-4,6-7H2,(H,16,17). The topological polar surface area (TPSA) is 92.5 Å². The Morgan fingerprint density at radius 2 is 2.15 bits per heavy atom. The van der Waals surface area contributed by atoms with E-state index in [4.69, 9.17) is 5.11 Å². The van der Waals surface area contributed by atoms with E-state index in [0.29, 0.717) is 12.5 Å². The molecule has 0 radical (unpaired) electrons. The summed E-state index contributed by atoms with van der Waals surface area (Å²) in [6.07, 6.45) is 3.39. The summed E-state index contributed by atoms with van der Waals surface area (Å²) in [5.74, 6) is -0.341. The number of thiophene rings is 1. The number of nitrogens with zero attached hydrogens (tertiary/aromatic N) is 1. The minimum Gasteiger partial charge on any atom is -0.481 e. The van der Waals surface area contributed by atoms with Crippen LogP contribution in [0.2, 0.25) is 0 Å². The van der Waals surface area contributed by atoms with Crippen LogP contribution in [-0.4, -0.2) is 22.5 Å². The van der Waals surface area contributed by atoms with Gasteiger partial charge in [-0.3, -0.25) is 14.9 Å². The third kappa shape index (κ3) is 4.01. The fourth-order valence-electron chi connectivity index (χ4n) is 2.59. The number of carboxylic acids is 1. The van der Waals surface area contributed by atoms with Crippen LogP contribution in [0, 0.1) is 22.0 Å². The SMILES string of the molecule is O=C(O)C1CCC(CNCc2csc([N+](=O)[O-])c2)CC1. The molecule has 0 saturated heterocycles. The van der Waals surface area contributed by atoms with Gasteiger partial charge in [0.25, 0.3) is 0 Å². The molecule has 0 spiro atoms. The molecule has 1 saturated carbocycles. The summed E-state index contributed by atoms with van der Waals surface area (Å²) in [6.45, 7) is 1.47. The van der Waals surface area contributed by atoms with Gasteiger partial charge < -0.3 is 10.4 Å². The molecule has 6 nitrogen and oxygen atoms in total. The van der Waals surface area contributed by atoms with Gasteiger partial charge in [-0.1, -0.05) is 11.3 Å². The van der Waals surface area contributed by atoms with E-state index >= 15 is 0 Å². The molecule has 0 bridgehead atoms. The van der Waals surface area contributed by atoms with Gasteiger partial charge in [-0.15, -0.1) is 0 Å². The molecule has 0 aromatic carbocycles. The van der Waals surface area contributed by atoms with E-state index in [-0.39, 0.29) is 15.8 Å². The van der Waals surface area contributed by atoms with Crippen LogP contribution in [-0.2, 0) is 11.3 Å². The van der Waals surface area contributed by atoms with Crippen LogP contribution in [0.25, 0.3) is 0 Å². The molecule has 1 aromatic heterocycles. The van der Waals surface area contributed by atoms with Crippen molar-refractivity contribution < 1.29 is 14.8 Å². The minimum absolute atomic E-state index is 0.170. The number of nitro groups is 1. The summed E-state index contributed by atoms with van der Waals surface area (Å²) in [5, 5.41) is 24.8. The van der Waals surface area contributed by atoms with Gasteiger partial charge in [-0.05, 0) is 43.7 Å². The van der Waals surface area contributed by atoms with Gasteiger partial charge in [0.2, 0.25) is 0 Å². The highest BCUT2D eigenvalue weighted by Crippen LogP contribution is 2.28. The molecule has 1 aliphatic rings. The van der Waals surface area contributed by atoms with Crippen molar-refractivity contribution in [3.63, 3.8) is 0 Å². The Balaban J connectivity index is 1.68. The van der Waals surface area contributed by atoms with Gasteiger partial charge in [0.05, 0.1) is 10.8 Å².